The van der Waals surface area contributed by atoms with Crippen LogP contribution in [0.1, 0.15) is 51.2 Å². The summed E-state index contributed by atoms with van der Waals surface area (Å²) >= 11 is 0. The Kier molecular flexibility index (Phi) is 6.27. The molecule has 1 aliphatic carbocycles. The monoisotopic (exact) mass is 398 g/mol. The maximum Gasteiger partial charge on any atom is 0.409 e. The Hall–Kier alpha value is -2.41. The second-order valence-electron chi connectivity index (χ2n) is 8.44. The van der Waals surface area contributed by atoms with Gasteiger partial charge in [-0.1, -0.05) is 48.5 Å². The molecular weight excluding hydrogens is 368 g/mol. The molecule has 0 saturated heterocycles. The number of benzene rings is 2. The van der Waals surface area contributed by atoms with Crippen LogP contribution in [0.5, 0.6) is 0 Å². The number of carbonyl (C=O) groups excluding carboxylic acids is 1. The van der Waals surface area contributed by atoms with E-state index in [0.29, 0.717) is 13.0 Å². The first-order valence-corrected chi connectivity index (χ1v) is 9.87. The number of nitrogens with one attached hydrogen (secondary N) is 1. The summed E-state index contributed by atoms with van der Waals surface area (Å²) in [5.74, 6) is 5.29. The molecule has 0 atom stereocenters. The summed E-state index contributed by atoms with van der Waals surface area (Å²) in [4.78, 5) is 17.3. The maximum atomic E-state index is 12.4. The lowest BCUT2D eigenvalue weighted by atomic mass is 9.98. The fourth-order valence-electron chi connectivity index (χ4n) is 3.53. The molecule has 3 rings (SSSR count). The first-order valence-electron chi connectivity index (χ1n) is 9.87. The minimum absolute atomic E-state index is 0.0275. The van der Waals surface area contributed by atoms with E-state index in [1.165, 1.54) is 22.3 Å². The van der Waals surface area contributed by atoms with Crippen molar-refractivity contribution >= 4 is 6.09 Å². The van der Waals surface area contributed by atoms with Gasteiger partial charge in [0, 0.05) is 12.3 Å². The molecular formula is C23H30N2O4. The van der Waals surface area contributed by atoms with E-state index in [2.05, 4.69) is 29.6 Å². The molecule has 0 aliphatic heterocycles. The van der Waals surface area contributed by atoms with Gasteiger partial charge in [-0.05, 0) is 49.9 Å². The number of hydrogen-bond donors (Lipinski definition) is 2. The largest absolute Gasteiger partial charge is 0.448 e. The molecule has 0 radical (unpaired) electrons. The zero-order chi connectivity index (χ0) is 21.1. The Balaban J connectivity index is 1.57. The van der Waals surface area contributed by atoms with Gasteiger partial charge >= 0.3 is 6.09 Å². The molecule has 3 N–H and O–H groups in total. The van der Waals surface area contributed by atoms with Crippen LogP contribution in [0.25, 0.3) is 11.1 Å². The Morgan fingerprint density at radius 3 is 2.10 bits per heavy atom. The molecule has 1 aliphatic rings. The summed E-state index contributed by atoms with van der Waals surface area (Å²) in [6.45, 7) is 7.98. The van der Waals surface area contributed by atoms with Crippen molar-refractivity contribution < 1.29 is 19.1 Å². The van der Waals surface area contributed by atoms with E-state index >= 15 is 0 Å². The lowest BCUT2D eigenvalue weighted by Crippen LogP contribution is -2.47. The van der Waals surface area contributed by atoms with Gasteiger partial charge in [0.15, 0.2) is 0 Å². The van der Waals surface area contributed by atoms with Gasteiger partial charge < -0.3 is 9.47 Å². The molecule has 1 amide bonds. The van der Waals surface area contributed by atoms with Gasteiger partial charge in [0.2, 0.25) is 0 Å². The summed E-state index contributed by atoms with van der Waals surface area (Å²) < 4.78 is 11.3. The number of nitrogens with two attached hydrogens (primary N) is 1. The highest BCUT2D eigenvalue weighted by Gasteiger charge is 2.30. The summed E-state index contributed by atoms with van der Waals surface area (Å²) in [7, 11) is 0. The minimum Gasteiger partial charge on any atom is -0.448 e. The molecule has 0 heterocycles. The van der Waals surface area contributed by atoms with Crippen LogP contribution in [0, 0.1) is 0 Å². The number of carbonyl (C=O) groups is 1. The normalized spacial score (nSPS) is 13.7. The number of hydrogen-bond acceptors (Lipinski definition) is 5. The smallest absolute Gasteiger partial charge is 0.409 e. The van der Waals surface area contributed by atoms with Crippen LogP contribution in [0.15, 0.2) is 48.5 Å². The third-order valence-corrected chi connectivity index (χ3v) is 5.23. The van der Waals surface area contributed by atoms with E-state index in [1.54, 1.807) is 13.8 Å². The molecule has 0 fully saturated rings. The highest BCUT2D eigenvalue weighted by Crippen LogP contribution is 2.44. The van der Waals surface area contributed by atoms with Crippen molar-refractivity contribution in [2.45, 2.75) is 51.4 Å². The van der Waals surface area contributed by atoms with Gasteiger partial charge in [0.1, 0.15) is 12.3 Å². The highest BCUT2D eigenvalue weighted by atomic mass is 16.6. The molecule has 0 aromatic heterocycles. The molecule has 156 valence electrons. The zero-order valence-electron chi connectivity index (χ0n) is 17.5. The Bertz CT molecular complexity index is 818. The van der Waals surface area contributed by atoms with Crippen LogP contribution in [0.3, 0.4) is 0 Å². The SMILES string of the molecule is CC(C)(CCOC(C)(C)NC(=O)OCC1c2ccccc2-c2ccccc21)ON. The zero-order valence-corrected chi connectivity index (χ0v) is 17.5. The van der Waals surface area contributed by atoms with Gasteiger partial charge in [-0.2, -0.15) is 0 Å². The summed E-state index contributed by atoms with van der Waals surface area (Å²) in [5, 5.41) is 2.78. The second-order valence-corrected chi connectivity index (χ2v) is 8.44. The van der Waals surface area contributed by atoms with Crippen molar-refractivity contribution in [3.8, 4) is 11.1 Å². The quantitative estimate of drug-likeness (QED) is 0.511. The number of amides is 1. The van der Waals surface area contributed by atoms with Gasteiger partial charge in [-0.3, -0.25) is 10.2 Å². The molecule has 6 nitrogen and oxygen atoms in total. The molecule has 0 unspecified atom stereocenters. The van der Waals surface area contributed by atoms with Crippen molar-refractivity contribution in [2.24, 2.45) is 5.90 Å². The third-order valence-electron chi connectivity index (χ3n) is 5.23. The van der Waals surface area contributed by atoms with Crippen LogP contribution < -0.4 is 11.2 Å². The lowest BCUT2D eigenvalue weighted by Gasteiger charge is -2.29. The Morgan fingerprint density at radius 1 is 1.00 bits per heavy atom. The Morgan fingerprint density at radius 2 is 1.55 bits per heavy atom. The Labute approximate surface area is 172 Å². The van der Waals surface area contributed by atoms with Gasteiger partial charge in [0.25, 0.3) is 0 Å². The third kappa shape index (κ3) is 5.15. The van der Waals surface area contributed by atoms with Crippen LogP contribution >= 0.6 is 0 Å². The van der Waals surface area contributed by atoms with Crippen LogP contribution in [0.4, 0.5) is 4.79 Å². The molecule has 2 aromatic carbocycles. The average molecular weight is 399 g/mol. The van der Waals surface area contributed by atoms with E-state index in [0.717, 1.165) is 0 Å². The fraction of sp³-hybridized carbons (Fsp3) is 0.435. The summed E-state index contributed by atoms with van der Waals surface area (Å²) in [6, 6.07) is 16.5. The van der Waals surface area contributed by atoms with Gasteiger partial charge in [-0.15, -0.1) is 0 Å². The first-order chi connectivity index (χ1) is 13.7. The number of rotatable bonds is 8. The highest BCUT2D eigenvalue weighted by molar-refractivity contribution is 5.79. The van der Waals surface area contributed by atoms with Gasteiger partial charge in [0.05, 0.1) is 12.2 Å². The number of ether oxygens (including phenoxy) is 2. The number of fused-ring (bicyclic) bond motifs is 3. The molecule has 2 aromatic rings. The maximum absolute atomic E-state index is 12.4. The van der Waals surface area contributed by atoms with Gasteiger partial charge in [-0.25, -0.2) is 10.7 Å². The van der Waals surface area contributed by atoms with E-state index in [1.807, 2.05) is 38.1 Å². The van der Waals surface area contributed by atoms with Crippen molar-refractivity contribution in [1.29, 1.82) is 0 Å². The summed E-state index contributed by atoms with van der Waals surface area (Å²) in [5.41, 5.74) is 3.41. The molecule has 0 bridgehead atoms. The molecule has 0 saturated carbocycles. The molecule has 0 spiro atoms. The molecule has 6 heteroatoms. The topological polar surface area (TPSA) is 82.8 Å². The van der Waals surface area contributed by atoms with Crippen molar-refractivity contribution in [3.05, 3.63) is 59.7 Å². The second kappa shape index (κ2) is 8.53. The van der Waals surface area contributed by atoms with Crippen molar-refractivity contribution in [2.75, 3.05) is 13.2 Å². The van der Waals surface area contributed by atoms with E-state index in [-0.39, 0.29) is 12.5 Å². The minimum atomic E-state index is -0.868. The molecule has 29 heavy (non-hydrogen) atoms. The van der Waals surface area contributed by atoms with E-state index in [4.69, 9.17) is 20.2 Å². The predicted octanol–water partition coefficient (Wildman–Crippen LogP) is 4.34. The van der Waals surface area contributed by atoms with E-state index < -0.39 is 17.4 Å². The average Bonchev–Trinajstić information content (AvgIpc) is 2.99. The van der Waals surface area contributed by atoms with Crippen LogP contribution in [-0.2, 0) is 14.3 Å². The van der Waals surface area contributed by atoms with Crippen molar-refractivity contribution in [1.82, 2.24) is 5.32 Å². The van der Waals surface area contributed by atoms with E-state index in [9.17, 15) is 4.79 Å². The van der Waals surface area contributed by atoms with Crippen LogP contribution in [0.2, 0.25) is 0 Å². The number of alkyl carbamates (subject to hydrolysis) is 1. The van der Waals surface area contributed by atoms with Crippen LogP contribution in [-0.4, -0.2) is 30.6 Å². The standard InChI is InChI=1S/C23H30N2O4/c1-22(2,29-24)13-14-28-23(3,4)25-21(26)27-15-20-18-11-7-5-9-16(18)17-10-6-8-12-19(17)20/h5-12,20H,13-15,24H2,1-4H3,(H,25,26). The first kappa shape index (κ1) is 21.3. The van der Waals surface area contributed by atoms with Crippen molar-refractivity contribution in [3.63, 3.8) is 0 Å². The predicted molar refractivity (Wildman–Crippen MR) is 112 cm³/mol. The summed E-state index contributed by atoms with van der Waals surface area (Å²) in [6.07, 6.45) is 0.0884. The fourth-order valence-corrected chi connectivity index (χ4v) is 3.53. The lowest BCUT2D eigenvalue weighted by molar-refractivity contribution is -0.0826.